The Balaban J connectivity index is 2.02. The molecule has 164 valence electrons. The normalized spacial score (nSPS) is 12.3. The molecular formula is C26H24O5S. The molecule has 1 unspecified atom stereocenters. The van der Waals surface area contributed by atoms with E-state index in [-0.39, 0.29) is 4.90 Å². The van der Waals surface area contributed by atoms with Crippen LogP contribution in [-0.4, -0.2) is 29.7 Å². The van der Waals surface area contributed by atoms with Gasteiger partial charge >= 0.3 is 0 Å². The van der Waals surface area contributed by atoms with E-state index in [1.807, 2.05) is 42.5 Å². The Morgan fingerprint density at radius 3 is 1.88 bits per heavy atom. The molecule has 0 aliphatic rings. The summed E-state index contributed by atoms with van der Waals surface area (Å²) in [6, 6.07) is 25.3. The quantitative estimate of drug-likeness (QED) is 0.377. The fourth-order valence-corrected chi connectivity index (χ4v) is 5.73. The molecule has 0 heterocycles. The van der Waals surface area contributed by atoms with Gasteiger partial charge in [-0.15, -0.1) is 0 Å². The molecule has 0 aromatic heterocycles. The SMILES string of the molecule is COc1cc(OC)c(C(c2ccc3ccccc3c2)S(=O)(=O)c2ccccc2)cc1OC. The number of methoxy groups -OCH3 is 3. The molecule has 32 heavy (non-hydrogen) atoms. The number of fused-ring (bicyclic) bond motifs is 1. The molecule has 0 bridgehead atoms. The van der Waals surface area contributed by atoms with E-state index in [0.29, 0.717) is 28.4 Å². The minimum Gasteiger partial charge on any atom is -0.496 e. The summed E-state index contributed by atoms with van der Waals surface area (Å²) in [4.78, 5) is 0.231. The van der Waals surface area contributed by atoms with E-state index in [0.717, 1.165) is 10.8 Å². The highest BCUT2D eigenvalue weighted by Crippen LogP contribution is 2.44. The highest BCUT2D eigenvalue weighted by atomic mass is 32.2. The Labute approximate surface area is 188 Å². The van der Waals surface area contributed by atoms with Gasteiger partial charge in [0.2, 0.25) is 0 Å². The molecule has 0 aliphatic carbocycles. The van der Waals surface area contributed by atoms with E-state index < -0.39 is 15.1 Å². The second-order valence-electron chi connectivity index (χ2n) is 7.29. The van der Waals surface area contributed by atoms with Crippen LogP contribution in [0.2, 0.25) is 0 Å². The first-order valence-corrected chi connectivity index (χ1v) is 11.6. The van der Waals surface area contributed by atoms with Gasteiger partial charge in [-0.25, -0.2) is 8.42 Å². The summed E-state index contributed by atoms with van der Waals surface area (Å²) in [5, 5.41) is 0.980. The zero-order chi connectivity index (χ0) is 22.7. The van der Waals surface area contributed by atoms with Crippen molar-refractivity contribution in [3.8, 4) is 17.2 Å². The average molecular weight is 449 g/mol. The molecule has 0 radical (unpaired) electrons. The lowest BCUT2D eigenvalue weighted by molar-refractivity contribution is 0.347. The van der Waals surface area contributed by atoms with Crippen LogP contribution in [0.25, 0.3) is 10.8 Å². The van der Waals surface area contributed by atoms with Crippen molar-refractivity contribution in [2.45, 2.75) is 10.1 Å². The van der Waals surface area contributed by atoms with Crippen LogP contribution >= 0.6 is 0 Å². The standard InChI is InChI=1S/C26H24O5S/c1-29-23-17-25(31-3)24(30-2)16-22(23)26(32(27,28)21-11-5-4-6-12-21)20-14-13-18-9-7-8-10-19(18)15-20/h4-17,26H,1-3H3. The second-order valence-corrected chi connectivity index (χ2v) is 9.33. The maximum atomic E-state index is 14.0. The Bertz CT molecular complexity index is 1350. The summed E-state index contributed by atoms with van der Waals surface area (Å²) in [6.45, 7) is 0. The van der Waals surface area contributed by atoms with Crippen LogP contribution in [0.5, 0.6) is 17.2 Å². The molecule has 0 saturated carbocycles. The van der Waals surface area contributed by atoms with Crippen molar-refractivity contribution in [1.82, 2.24) is 0 Å². The summed E-state index contributed by atoms with van der Waals surface area (Å²) in [6.07, 6.45) is 0. The molecule has 1 atom stereocenters. The topological polar surface area (TPSA) is 61.8 Å². The summed E-state index contributed by atoms with van der Waals surface area (Å²) in [5.74, 6) is 1.29. The van der Waals surface area contributed by atoms with Gasteiger partial charge < -0.3 is 14.2 Å². The van der Waals surface area contributed by atoms with E-state index in [9.17, 15) is 8.42 Å². The zero-order valence-electron chi connectivity index (χ0n) is 18.1. The van der Waals surface area contributed by atoms with Crippen molar-refractivity contribution >= 4 is 20.6 Å². The third kappa shape index (κ3) is 3.89. The van der Waals surface area contributed by atoms with Crippen LogP contribution in [-0.2, 0) is 9.84 Å². The van der Waals surface area contributed by atoms with Gasteiger partial charge in [0.05, 0.1) is 26.2 Å². The van der Waals surface area contributed by atoms with E-state index in [1.165, 1.54) is 21.3 Å². The van der Waals surface area contributed by atoms with E-state index in [1.54, 1.807) is 42.5 Å². The molecule has 4 aromatic rings. The summed E-state index contributed by atoms with van der Waals surface area (Å²) in [5.41, 5.74) is 1.11. The van der Waals surface area contributed by atoms with Crippen molar-refractivity contribution in [3.05, 3.63) is 96.1 Å². The van der Waals surface area contributed by atoms with Crippen molar-refractivity contribution < 1.29 is 22.6 Å². The van der Waals surface area contributed by atoms with E-state index >= 15 is 0 Å². The van der Waals surface area contributed by atoms with Gasteiger partial charge in [-0.3, -0.25) is 0 Å². The van der Waals surface area contributed by atoms with Gasteiger partial charge in [0.25, 0.3) is 0 Å². The van der Waals surface area contributed by atoms with Crippen molar-refractivity contribution in [1.29, 1.82) is 0 Å². The van der Waals surface area contributed by atoms with Crippen LogP contribution in [0.3, 0.4) is 0 Å². The van der Waals surface area contributed by atoms with Gasteiger partial charge in [0.15, 0.2) is 21.3 Å². The summed E-state index contributed by atoms with van der Waals surface area (Å²) < 4.78 is 44.4. The molecule has 6 heteroatoms. The highest BCUT2D eigenvalue weighted by Gasteiger charge is 2.34. The van der Waals surface area contributed by atoms with Crippen LogP contribution in [0.15, 0.2) is 89.8 Å². The molecule has 4 aromatic carbocycles. The lowest BCUT2D eigenvalue weighted by Crippen LogP contribution is -2.16. The van der Waals surface area contributed by atoms with Crippen LogP contribution in [0.4, 0.5) is 0 Å². The Hall–Kier alpha value is -3.51. The fourth-order valence-electron chi connectivity index (χ4n) is 3.90. The molecule has 0 spiro atoms. The van der Waals surface area contributed by atoms with E-state index in [4.69, 9.17) is 14.2 Å². The van der Waals surface area contributed by atoms with E-state index in [2.05, 4.69) is 0 Å². The fraction of sp³-hybridized carbons (Fsp3) is 0.154. The molecular weight excluding hydrogens is 424 g/mol. The van der Waals surface area contributed by atoms with Crippen LogP contribution in [0, 0.1) is 0 Å². The maximum Gasteiger partial charge on any atom is 0.189 e. The molecule has 0 saturated heterocycles. The number of ether oxygens (including phenoxy) is 3. The Morgan fingerprint density at radius 1 is 0.625 bits per heavy atom. The van der Waals surface area contributed by atoms with Gasteiger partial charge in [-0.1, -0.05) is 54.6 Å². The summed E-state index contributed by atoms with van der Waals surface area (Å²) >= 11 is 0. The lowest BCUT2D eigenvalue weighted by atomic mass is 9.99. The lowest BCUT2D eigenvalue weighted by Gasteiger charge is -2.23. The smallest absolute Gasteiger partial charge is 0.189 e. The monoisotopic (exact) mass is 448 g/mol. The van der Waals surface area contributed by atoms with Gasteiger partial charge in [-0.2, -0.15) is 0 Å². The molecule has 0 N–H and O–H groups in total. The molecule has 0 fully saturated rings. The molecule has 0 amide bonds. The highest BCUT2D eigenvalue weighted by molar-refractivity contribution is 7.92. The van der Waals surface area contributed by atoms with Gasteiger partial charge in [0.1, 0.15) is 11.0 Å². The first-order chi connectivity index (χ1) is 15.5. The number of sulfone groups is 1. The Morgan fingerprint density at radius 2 is 1.22 bits per heavy atom. The van der Waals surface area contributed by atoms with Gasteiger partial charge in [0, 0.05) is 11.6 Å². The number of benzene rings is 4. The van der Waals surface area contributed by atoms with Crippen molar-refractivity contribution in [3.63, 3.8) is 0 Å². The van der Waals surface area contributed by atoms with Crippen LogP contribution < -0.4 is 14.2 Å². The average Bonchev–Trinajstić information content (AvgIpc) is 2.84. The second kappa shape index (κ2) is 8.93. The predicted molar refractivity (Wildman–Crippen MR) is 126 cm³/mol. The molecule has 0 aliphatic heterocycles. The minimum absolute atomic E-state index is 0.231. The van der Waals surface area contributed by atoms with Crippen LogP contribution in [0.1, 0.15) is 16.4 Å². The van der Waals surface area contributed by atoms with Gasteiger partial charge in [-0.05, 0) is 40.6 Å². The van der Waals surface area contributed by atoms with Crippen molar-refractivity contribution in [2.75, 3.05) is 21.3 Å². The first-order valence-electron chi connectivity index (χ1n) is 10.1. The predicted octanol–water partition coefficient (Wildman–Crippen LogP) is 5.43. The third-order valence-electron chi connectivity index (χ3n) is 5.48. The van der Waals surface area contributed by atoms with Crippen molar-refractivity contribution in [2.24, 2.45) is 0 Å². The maximum absolute atomic E-state index is 14.0. The summed E-state index contributed by atoms with van der Waals surface area (Å²) in [7, 11) is 0.727. The molecule has 4 rings (SSSR count). The number of rotatable bonds is 7. The minimum atomic E-state index is -3.83. The largest absolute Gasteiger partial charge is 0.496 e. The molecule has 5 nitrogen and oxygen atoms in total. The number of hydrogen-bond acceptors (Lipinski definition) is 5. The zero-order valence-corrected chi connectivity index (χ0v) is 18.9. The number of hydrogen-bond donors (Lipinski definition) is 0. The third-order valence-corrected chi connectivity index (χ3v) is 7.55. The Kier molecular flexibility index (Phi) is 6.06. The first kappa shape index (κ1) is 21.7.